The number of amides is 1. The van der Waals surface area contributed by atoms with Gasteiger partial charge in [0.15, 0.2) is 0 Å². The van der Waals surface area contributed by atoms with E-state index in [1.54, 1.807) is 0 Å². The summed E-state index contributed by atoms with van der Waals surface area (Å²) in [5.74, 6) is 3.56. The van der Waals surface area contributed by atoms with Crippen molar-refractivity contribution in [2.24, 2.45) is 17.8 Å². The van der Waals surface area contributed by atoms with Crippen LogP contribution in [0.3, 0.4) is 0 Å². The van der Waals surface area contributed by atoms with Gasteiger partial charge in [-0.2, -0.15) is 11.8 Å². The summed E-state index contributed by atoms with van der Waals surface area (Å²) in [4.78, 5) is 14.6. The van der Waals surface area contributed by atoms with Gasteiger partial charge in [0, 0.05) is 29.5 Å². The summed E-state index contributed by atoms with van der Waals surface area (Å²) < 4.78 is 0. The second-order valence-electron chi connectivity index (χ2n) is 5.63. The Morgan fingerprint density at radius 2 is 1.94 bits per heavy atom. The third kappa shape index (κ3) is 1.59. The molecule has 0 unspecified atom stereocenters. The van der Waals surface area contributed by atoms with Gasteiger partial charge in [-0.05, 0) is 31.6 Å². The minimum absolute atomic E-state index is 0.423. The van der Waals surface area contributed by atoms with E-state index in [1.165, 1.54) is 19.3 Å². The molecule has 3 rings (SSSR count). The van der Waals surface area contributed by atoms with Gasteiger partial charge in [0.1, 0.15) is 0 Å². The second kappa shape index (κ2) is 3.94. The van der Waals surface area contributed by atoms with Crippen molar-refractivity contribution >= 4 is 17.7 Å². The van der Waals surface area contributed by atoms with Crippen molar-refractivity contribution < 1.29 is 4.79 Å². The molecule has 0 spiro atoms. The highest BCUT2D eigenvalue weighted by Gasteiger charge is 2.58. The lowest BCUT2D eigenvalue weighted by Gasteiger charge is -2.38. The molecule has 4 atom stereocenters. The predicted octanol–water partition coefficient (Wildman–Crippen LogP) is 2.38. The molecule has 2 aliphatic carbocycles. The van der Waals surface area contributed by atoms with Crippen molar-refractivity contribution in [3.05, 3.63) is 0 Å². The lowest BCUT2D eigenvalue weighted by Crippen LogP contribution is -2.49. The van der Waals surface area contributed by atoms with Crippen molar-refractivity contribution in [2.45, 2.75) is 44.4 Å². The molecule has 3 heteroatoms. The van der Waals surface area contributed by atoms with E-state index in [4.69, 9.17) is 0 Å². The van der Waals surface area contributed by atoms with Crippen molar-refractivity contribution in [2.75, 3.05) is 12.3 Å². The average Bonchev–Trinajstić information content (AvgIpc) is 2.75. The molecular weight excluding hydrogens is 218 g/mol. The van der Waals surface area contributed by atoms with E-state index in [9.17, 15) is 4.79 Å². The lowest BCUT2D eigenvalue weighted by molar-refractivity contribution is -0.135. The zero-order valence-electron chi connectivity index (χ0n) is 10.2. The fraction of sp³-hybridized carbons (Fsp3) is 0.923. The van der Waals surface area contributed by atoms with Crippen LogP contribution >= 0.6 is 11.8 Å². The number of nitrogens with zero attached hydrogens (tertiary/aromatic N) is 1. The smallest absolute Gasteiger partial charge is 0.226 e. The lowest BCUT2D eigenvalue weighted by atomic mass is 10.1. The normalized spacial score (nSPS) is 46.6. The maximum absolute atomic E-state index is 12.4. The molecule has 2 nitrogen and oxygen atoms in total. The van der Waals surface area contributed by atoms with Crippen molar-refractivity contribution in [1.29, 1.82) is 0 Å². The van der Waals surface area contributed by atoms with Gasteiger partial charge in [-0.25, -0.2) is 0 Å². The van der Waals surface area contributed by atoms with E-state index in [0.29, 0.717) is 23.1 Å². The van der Waals surface area contributed by atoms with Crippen molar-refractivity contribution in [1.82, 2.24) is 4.90 Å². The summed E-state index contributed by atoms with van der Waals surface area (Å²) in [5, 5.41) is 0.608. The largest absolute Gasteiger partial charge is 0.338 e. The molecule has 0 N–H and O–H groups in total. The molecule has 1 amide bonds. The summed E-state index contributed by atoms with van der Waals surface area (Å²) in [6.45, 7) is 5.44. The summed E-state index contributed by atoms with van der Waals surface area (Å²) in [6, 6.07) is 0.438. The first-order valence-electron chi connectivity index (χ1n) is 6.62. The van der Waals surface area contributed by atoms with Gasteiger partial charge in [-0.15, -0.1) is 0 Å². The molecule has 3 aliphatic rings. The van der Waals surface area contributed by atoms with Gasteiger partial charge in [-0.1, -0.05) is 13.3 Å². The van der Waals surface area contributed by atoms with Crippen LogP contribution in [0, 0.1) is 17.8 Å². The molecular formula is C13H21NOS. The van der Waals surface area contributed by atoms with Gasteiger partial charge in [0.05, 0.1) is 0 Å². The standard InChI is InChI=1S/C13H21NOS/c1-8-9(2)16-7-6-14(8)13(15)12-10-4-3-5-11(10)12/h8-12H,3-7H2,1-2H3/t8-,9+,10-,11-/m1/s1. The molecule has 16 heavy (non-hydrogen) atoms. The monoisotopic (exact) mass is 239 g/mol. The zero-order chi connectivity index (χ0) is 11.3. The maximum Gasteiger partial charge on any atom is 0.226 e. The van der Waals surface area contributed by atoms with E-state index >= 15 is 0 Å². The summed E-state index contributed by atoms with van der Waals surface area (Å²) in [5.41, 5.74) is 0. The van der Waals surface area contributed by atoms with Crippen LogP contribution in [0.5, 0.6) is 0 Å². The quantitative estimate of drug-likeness (QED) is 0.700. The first kappa shape index (κ1) is 10.9. The molecule has 3 fully saturated rings. The Morgan fingerprint density at radius 1 is 1.25 bits per heavy atom. The highest BCUT2D eigenvalue weighted by atomic mass is 32.2. The molecule has 0 aromatic rings. The number of carbonyl (C=O) groups excluding carboxylic acids is 1. The maximum atomic E-state index is 12.4. The predicted molar refractivity (Wildman–Crippen MR) is 67.4 cm³/mol. The molecule has 0 aromatic heterocycles. The van der Waals surface area contributed by atoms with E-state index in [1.807, 2.05) is 11.8 Å². The van der Waals surface area contributed by atoms with Crippen molar-refractivity contribution in [3.8, 4) is 0 Å². The Morgan fingerprint density at radius 3 is 2.62 bits per heavy atom. The molecule has 0 radical (unpaired) electrons. The topological polar surface area (TPSA) is 20.3 Å². The number of carbonyl (C=O) groups is 1. The Labute approximate surface area is 102 Å². The first-order chi connectivity index (χ1) is 7.70. The van der Waals surface area contributed by atoms with Crippen LogP contribution in [-0.2, 0) is 4.79 Å². The highest BCUT2D eigenvalue weighted by molar-refractivity contribution is 8.00. The van der Waals surface area contributed by atoms with Crippen LogP contribution < -0.4 is 0 Å². The van der Waals surface area contributed by atoms with Crippen LogP contribution in [0.1, 0.15) is 33.1 Å². The molecule has 1 heterocycles. The second-order valence-corrected chi connectivity index (χ2v) is 7.12. The van der Waals surface area contributed by atoms with E-state index < -0.39 is 0 Å². The minimum atomic E-state index is 0.423. The number of hydrogen-bond donors (Lipinski definition) is 0. The molecule has 0 aromatic carbocycles. The van der Waals surface area contributed by atoms with Gasteiger partial charge >= 0.3 is 0 Å². The fourth-order valence-corrected chi connectivity index (χ4v) is 4.72. The number of fused-ring (bicyclic) bond motifs is 1. The van der Waals surface area contributed by atoms with Crippen LogP contribution in [0.15, 0.2) is 0 Å². The fourth-order valence-electron chi connectivity index (χ4n) is 3.62. The van der Waals surface area contributed by atoms with Crippen LogP contribution in [0.2, 0.25) is 0 Å². The van der Waals surface area contributed by atoms with Crippen LogP contribution in [0.25, 0.3) is 0 Å². The SMILES string of the molecule is C[C@@H]1SCCN(C(=O)C2[C@@H]3CCC[C@@H]23)[C@@H]1C. The van der Waals surface area contributed by atoms with Crippen LogP contribution in [-0.4, -0.2) is 34.4 Å². The van der Waals surface area contributed by atoms with Gasteiger partial charge in [0.25, 0.3) is 0 Å². The summed E-state index contributed by atoms with van der Waals surface area (Å²) in [6.07, 6.45) is 3.99. The Balaban J connectivity index is 1.66. The van der Waals surface area contributed by atoms with Gasteiger partial charge in [0.2, 0.25) is 5.91 Å². The van der Waals surface area contributed by atoms with E-state index in [0.717, 1.165) is 24.1 Å². The molecule has 0 bridgehead atoms. The third-order valence-corrected chi connectivity index (χ3v) is 6.20. The van der Waals surface area contributed by atoms with Crippen molar-refractivity contribution in [3.63, 3.8) is 0 Å². The molecule has 2 saturated carbocycles. The average molecular weight is 239 g/mol. The van der Waals surface area contributed by atoms with E-state index in [2.05, 4.69) is 18.7 Å². The Hall–Kier alpha value is -0.180. The molecule has 1 saturated heterocycles. The Bertz CT molecular complexity index is 296. The van der Waals surface area contributed by atoms with E-state index in [-0.39, 0.29) is 0 Å². The molecule has 90 valence electrons. The van der Waals surface area contributed by atoms with Gasteiger partial charge in [-0.3, -0.25) is 4.79 Å². The first-order valence-corrected chi connectivity index (χ1v) is 7.67. The summed E-state index contributed by atoms with van der Waals surface area (Å²) in [7, 11) is 0. The zero-order valence-corrected chi connectivity index (χ0v) is 11.0. The van der Waals surface area contributed by atoms with Crippen LogP contribution in [0.4, 0.5) is 0 Å². The van der Waals surface area contributed by atoms with Gasteiger partial charge < -0.3 is 4.90 Å². The Kier molecular flexibility index (Phi) is 2.69. The number of hydrogen-bond acceptors (Lipinski definition) is 2. The third-order valence-electron chi connectivity index (χ3n) is 4.86. The molecule has 1 aliphatic heterocycles. The minimum Gasteiger partial charge on any atom is -0.338 e. The summed E-state index contributed by atoms with van der Waals surface area (Å²) >= 11 is 2.01. The highest BCUT2D eigenvalue weighted by Crippen LogP contribution is 2.58. The number of thioether (sulfide) groups is 1. The number of rotatable bonds is 1.